The summed E-state index contributed by atoms with van der Waals surface area (Å²) in [5.74, 6) is 1.26. The number of hydrogen-bond donors (Lipinski definition) is 0. The molecule has 0 saturated carbocycles. The summed E-state index contributed by atoms with van der Waals surface area (Å²) >= 11 is 1.68. The molecule has 0 aromatic heterocycles. The molecule has 0 spiro atoms. The lowest BCUT2D eigenvalue weighted by Crippen LogP contribution is -2.52. The first-order valence-electron chi connectivity index (χ1n) is 3.00. The second-order valence-electron chi connectivity index (χ2n) is 2.28. The second kappa shape index (κ2) is 1.92. The average molecular weight is 177 g/mol. The summed E-state index contributed by atoms with van der Waals surface area (Å²) in [7, 11) is -2.86. The van der Waals surface area contributed by atoms with Crippen LogP contribution < -0.4 is 0 Å². The van der Waals surface area contributed by atoms with E-state index in [2.05, 4.69) is 0 Å². The second-order valence-corrected chi connectivity index (χ2v) is 5.41. The van der Waals surface area contributed by atoms with E-state index in [4.69, 9.17) is 0 Å². The van der Waals surface area contributed by atoms with Gasteiger partial charge in [0.25, 0.3) is 0 Å². The monoisotopic (exact) mass is 177 g/mol. The van der Waals surface area contributed by atoms with Crippen LogP contribution >= 0.6 is 11.8 Å². The van der Waals surface area contributed by atoms with Gasteiger partial charge < -0.3 is 0 Å². The topological polar surface area (TPSA) is 37.4 Å². The highest BCUT2D eigenvalue weighted by atomic mass is 32.2. The summed E-state index contributed by atoms with van der Waals surface area (Å²) in [6.45, 7) is 0. The van der Waals surface area contributed by atoms with Crippen molar-refractivity contribution in [2.24, 2.45) is 0 Å². The number of thioether (sulfide) groups is 1. The number of nitrogens with zero attached hydrogens (tertiary/aromatic N) is 1. The van der Waals surface area contributed by atoms with Crippen LogP contribution in [0, 0.1) is 0 Å². The van der Waals surface area contributed by atoms with Crippen LogP contribution in [-0.4, -0.2) is 29.6 Å². The van der Waals surface area contributed by atoms with Gasteiger partial charge in [-0.2, -0.15) is 0 Å². The lowest BCUT2D eigenvalue weighted by atomic mass is 10.6. The Bertz CT molecular complexity index is 269. The van der Waals surface area contributed by atoms with Crippen molar-refractivity contribution in [3.8, 4) is 0 Å². The zero-order chi connectivity index (χ0) is 7.19. The molecule has 3 nitrogen and oxygen atoms in total. The molecule has 10 heavy (non-hydrogen) atoms. The van der Waals surface area contributed by atoms with Gasteiger partial charge in [0, 0.05) is 12.0 Å². The molecule has 2 heterocycles. The molecule has 1 unspecified atom stereocenters. The Hall–Kier alpha value is -0.160. The Balaban J connectivity index is 2.30. The van der Waals surface area contributed by atoms with Crippen LogP contribution in [-0.2, 0) is 10.0 Å². The molecular weight excluding hydrogens is 170 g/mol. The van der Waals surface area contributed by atoms with Crippen molar-refractivity contribution >= 4 is 21.8 Å². The van der Waals surface area contributed by atoms with E-state index in [9.17, 15) is 8.42 Å². The summed E-state index contributed by atoms with van der Waals surface area (Å²) in [6, 6.07) is 0. The molecule has 2 aliphatic heterocycles. The molecule has 0 aliphatic carbocycles. The van der Waals surface area contributed by atoms with Crippen LogP contribution in [0.5, 0.6) is 0 Å². The maximum Gasteiger partial charge on any atom is 0.238 e. The van der Waals surface area contributed by atoms with Gasteiger partial charge in [-0.3, -0.25) is 4.31 Å². The Morgan fingerprint density at radius 3 is 2.90 bits per heavy atom. The van der Waals surface area contributed by atoms with Crippen molar-refractivity contribution in [2.45, 2.75) is 5.37 Å². The molecule has 0 aromatic rings. The van der Waals surface area contributed by atoms with Crippen LogP contribution in [0.15, 0.2) is 12.3 Å². The van der Waals surface area contributed by atoms with Gasteiger partial charge in [0.15, 0.2) is 0 Å². The normalized spacial score (nSPS) is 34.8. The molecule has 0 bridgehead atoms. The van der Waals surface area contributed by atoms with Gasteiger partial charge >= 0.3 is 0 Å². The van der Waals surface area contributed by atoms with E-state index in [-0.39, 0.29) is 5.37 Å². The van der Waals surface area contributed by atoms with E-state index < -0.39 is 10.0 Å². The van der Waals surface area contributed by atoms with Gasteiger partial charge in [-0.05, 0) is 0 Å². The maximum atomic E-state index is 10.9. The summed E-state index contributed by atoms with van der Waals surface area (Å²) in [6.07, 6.45) is 3.54. The minimum Gasteiger partial charge on any atom is -0.263 e. The fourth-order valence-electron chi connectivity index (χ4n) is 1.06. The number of sulfonamides is 1. The highest BCUT2D eigenvalue weighted by Gasteiger charge is 2.42. The van der Waals surface area contributed by atoms with E-state index in [0.717, 1.165) is 5.75 Å². The Kier molecular flexibility index (Phi) is 1.25. The van der Waals surface area contributed by atoms with Crippen molar-refractivity contribution in [3.05, 3.63) is 12.3 Å². The van der Waals surface area contributed by atoms with Gasteiger partial charge in [-0.25, -0.2) is 8.42 Å². The van der Waals surface area contributed by atoms with Crippen molar-refractivity contribution in [1.29, 1.82) is 0 Å². The van der Waals surface area contributed by atoms with E-state index in [1.54, 1.807) is 18.0 Å². The van der Waals surface area contributed by atoms with Gasteiger partial charge in [0.05, 0.1) is 0 Å². The highest BCUT2D eigenvalue weighted by Crippen LogP contribution is 2.33. The van der Waals surface area contributed by atoms with Crippen LogP contribution in [0.25, 0.3) is 0 Å². The molecule has 1 fully saturated rings. The summed E-state index contributed by atoms with van der Waals surface area (Å²) in [4.78, 5) is 0. The Labute approximate surface area is 64.1 Å². The predicted molar refractivity (Wildman–Crippen MR) is 41.0 cm³/mol. The van der Waals surface area contributed by atoms with Crippen molar-refractivity contribution < 1.29 is 8.42 Å². The average Bonchev–Trinajstić information content (AvgIpc) is 1.86. The third-order valence-corrected chi connectivity index (χ3v) is 4.86. The lowest BCUT2D eigenvalue weighted by Gasteiger charge is -2.40. The number of hydrogen-bond acceptors (Lipinski definition) is 3. The SMILES string of the molecule is O=S1(=O)CC2SCC=CN21. The molecule has 56 valence electrons. The van der Waals surface area contributed by atoms with Crippen molar-refractivity contribution in [1.82, 2.24) is 4.31 Å². The smallest absolute Gasteiger partial charge is 0.238 e. The van der Waals surface area contributed by atoms with E-state index in [1.807, 2.05) is 6.08 Å². The first-order valence-corrected chi connectivity index (χ1v) is 5.65. The highest BCUT2D eigenvalue weighted by molar-refractivity contribution is 8.03. The third kappa shape index (κ3) is 0.769. The van der Waals surface area contributed by atoms with Gasteiger partial charge in [-0.15, -0.1) is 11.8 Å². The zero-order valence-corrected chi connectivity index (χ0v) is 6.86. The molecule has 2 rings (SSSR count). The Morgan fingerprint density at radius 1 is 1.60 bits per heavy atom. The number of fused-ring (bicyclic) bond motifs is 1. The van der Waals surface area contributed by atoms with E-state index in [0.29, 0.717) is 5.75 Å². The van der Waals surface area contributed by atoms with Gasteiger partial charge in [0.2, 0.25) is 10.0 Å². The van der Waals surface area contributed by atoms with Crippen LogP contribution in [0.3, 0.4) is 0 Å². The van der Waals surface area contributed by atoms with E-state index in [1.165, 1.54) is 4.31 Å². The molecule has 0 N–H and O–H groups in total. The summed E-state index contributed by atoms with van der Waals surface area (Å²) in [5, 5.41) is 0.204. The summed E-state index contributed by atoms with van der Waals surface area (Å²) in [5.41, 5.74) is 0. The van der Waals surface area contributed by atoms with Crippen LogP contribution in [0.4, 0.5) is 0 Å². The molecule has 0 amide bonds. The number of rotatable bonds is 0. The Morgan fingerprint density at radius 2 is 2.40 bits per heavy atom. The van der Waals surface area contributed by atoms with Crippen LogP contribution in [0.1, 0.15) is 0 Å². The fourth-order valence-corrected chi connectivity index (χ4v) is 4.31. The summed E-state index contributed by atoms with van der Waals surface area (Å²) < 4.78 is 23.3. The predicted octanol–water partition coefficient (Wildman–Crippen LogP) is 0.218. The zero-order valence-electron chi connectivity index (χ0n) is 5.23. The lowest BCUT2D eigenvalue weighted by molar-refractivity contribution is 0.441. The molecule has 1 saturated heterocycles. The molecule has 0 radical (unpaired) electrons. The minimum absolute atomic E-state index is 0.204. The van der Waals surface area contributed by atoms with Crippen molar-refractivity contribution in [3.63, 3.8) is 0 Å². The standard InChI is InChI=1S/C5H7NO2S2/c7-10(8)4-5-6(10)2-1-3-9-5/h1-2,5H,3-4H2. The van der Waals surface area contributed by atoms with E-state index >= 15 is 0 Å². The van der Waals surface area contributed by atoms with Crippen LogP contribution in [0.2, 0.25) is 0 Å². The quantitative estimate of drug-likeness (QED) is 0.531. The molecule has 0 aromatic carbocycles. The molecule has 1 atom stereocenters. The first-order chi connectivity index (χ1) is 4.70. The fraction of sp³-hybridized carbons (Fsp3) is 0.600. The minimum atomic E-state index is -2.86. The van der Waals surface area contributed by atoms with Crippen molar-refractivity contribution in [2.75, 3.05) is 11.5 Å². The largest absolute Gasteiger partial charge is 0.263 e. The van der Waals surface area contributed by atoms with Gasteiger partial charge in [-0.1, -0.05) is 6.08 Å². The maximum absolute atomic E-state index is 10.9. The first kappa shape index (κ1) is 6.54. The molecule has 5 heteroatoms. The molecule has 2 aliphatic rings. The van der Waals surface area contributed by atoms with Gasteiger partial charge in [0.1, 0.15) is 11.1 Å². The molecular formula is C5H7NO2S2. The third-order valence-electron chi connectivity index (χ3n) is 1.60.